The predicted octanol–water partition coefficient (Wildman–Crippen LogP) is 0.0142. The van der Waals surface area contributed by atoms with Crippen molar-refractivity contribution in [1.29, 1.82) is 0 Å². The van der Waals surface area contributed by atoms with Crippen LogP contribution in [-0.2, 0) is 4.74 Å². The van der Waals surface area contributed by atoms with Gasteiger partial charge in [0.2, 0.25) is 5.95 Å². The summed E-state index contributed by atoms with van der Waals surface area (Å²) in [6, 6.07) is 11.5. The zero-order valence-corrected chi connectivity index (χ0v) is 16.6. The molecule has 0 bridgehead atoms. The van der Waals surface area contributed by atoms with E-state index in [1.807, 2.05) is 36.4 Å². The van der Waals surface area contributed by atoms with Gasteiger partial charge in [0, 0.05) is 5.39 Å². The van der Waals surface area contributed by atoms with Crippen molar-refractivity contribution < 1.29 is 20.1 Å². The molecular weight excluding hydrogens is 416 g/mol. The first kappa shape index (κ1) is 20.2. The molecule has 0 saturated carbocycles. The van der Waals surface area contributed by atoms with Gasteiger partial charge in [-0.15, -0.1) is 0 Å². The van der Waals surface area contributed by atoms with E-state index in [-0.39, 0.29) is 22.9 Å². The lowest BCUT2D eigenvalue weighted by Crippen LogP contribution is -2.33. The Morgan fingerprint density at radius 3 is 2.78 bits per heavy atom. The number of aliphatic hydroxyl groups excluding tert-OH is 3. The summed E-state index contributed by atoms with van der Waals surface area (Å²) in [5.41, 5.74) is 10.7. The third-order valence-corrected chi connectivity index (χ3v) is 5.26. The molecule has 12 heteroatoms. The number of imidazole rings is 1. The number of para-hydroxylation sites is 1. The molecule has 6 N–H and O–H groups in total. The monoisotopic (exact) mass is 436 g/mol. The number of anilines is 2. The van der Waals surface area contributed by atoms with Gasteiger partial charge < -0.3 is 25.8 Å². The number of pyridine rings is 1. The molecule has 32 heavy (non-hydrogen) atoms. The Labute approximate surface area is 181 Å². The van der Waals surface area contributed by atoms with Crippen molar-refractivity contribution in [3.05, 3.63) is 48.4 Å². The van der Waals surface area contributed by atoms with Gasteiger partial charge in [0.15, 0.2) is 23.2 Å². The van der Waals surface area contributed by atoms with Gasteiger partial charge in [-0.3, -0.25) is 4.57 Å². The minimum Gasteiger partial charge on any atom is -0.394 e. The summed E-state index contributed by atoms with van der Waals surface area (Å²) in [7, 11) is 0. The standard InChI is InChI=1S/C20H20N8O4/c21-17-14-18(23-9-22-17)28(19-16(31)15(30)13(8-29)32-19)20(26-14)27-24-7-11-6-5-10-3-1-2-4-12(10)25-11/h1-7,9,13,15-16,19,29-31H,8H2,(H,26,27)(H2,21,22,23)/b24-7-/t13-,15-,16-,19-/m1/s1. The Kier molecular flexibility index (Phi) is 5.11. The van der Waals surface area contributed by atoms with Crippen LogP contribution in [0.25, 0.3) is 22.1 Å². The molecule has 164 valence electrons. The average molecular weight is 436 g/mol. The van der Waals surface area contributed by atoms with Gasteiger partial charge in [-0.25, -0.2) is 25.4 Å². The first-order valence-corrected chi connectivity index (χ1v) is 9.82. The lowest BCUT2D eigenvalue weighted by molar-refractivity contribution is -0.0501. The van der Waals surface area contributed by atoms with Crippen LogP contribution >= 0.6 is 0 Å². The molecule has 0 radical (unpaired) electrons. The van der Waals surface area contributed by atoms with Crippen molar-refractivity contribution in [2.24, 2.45) is 5.10 Å². The number of aromatic nitrogens is 5. The van der Waals surface area contributed by atoms with Gasteiger partial charge in [-0.05, 0) is 12.1 Å². The van der Waals surface area contributed by atoms with Crippen LogP contribution in [-0.4, -0.2) is 71.0 Å². The number of rotatable bonds is 5. The Morgan fingerprint density at radius 2 is 1.97 bits per heavy atom. The lowest BCUT2D eigenvalue weighted by Gasteiger charge is -2.18. The first-order valence-electron chi connectivity index (χ1n) is 9.82. The minimum atomic E-state index is -1.34. The number of ether oxygens (including phenoxy) is 1. The van der Waals surface area contributed by atoms with Crippen molar-refractivity contribution in [3.8, 4) is 0 Å². The van der Waals surface area contributed by atoms with E-state index in [0.717, 1.165) is 10.9 Å². The quantitative estimate of drug-likeness (QED) is 0.212. The minimum absolute atomic E-state index is 0.128. The number of nitrogen functional groups attached to an aromatic ring is 1. The molecule has 4 aromatic rings. The van der Waals surface area contributed by atoms with Crippen LogP contribution in [0.4, 0.5) is 11.8 Å². The van der Waals surface area contributed by atoms with Gasteiger partial charge in [0.25, 0.3) is 0 Å². The smallest absolute Gasteiger partial charge is 0.228 e. The van der Waals surface area contributed by atoms with E-state index in [1.165, 1.54) is 17.1 Å². The number of nitrogens with zero attached hydrogens (tertiary/aromatic N) is 6. The second-order valence-electron chi connectivity index (χ2n) is 7.26. The maximum absolute atomic E-state index is 10.5. The molecule has 4 heterocycles. The van der Waals surface area contributed by atoms with Crippen LogP contribution in [0, 0.1) is 0 Å². The van der Waals surface area contributed by atoms with E-state index in [0.29, 0.717) is 5.69 Å². The number of fused-ring (bicyclic) bond motifs is 2. The third kappa shape index (κ3) is 3.40. The molecule has 1 fully saturated rings. The highest BCUT2D eigenvalue weighted by Crippen LogP contribution is 2.35. The van der Waals surface area contributed by atoms with Gasteiger partial charge in [-0.2, -0.15) is 5.10 Å². The number of hydrogen-bond acceptors (Lipinski definition) is 11. The molecule has 3 aromatic heterocycles. The molecule has 5 rings (SSSR count). The number of hydrazone groups is 1. The van der Waals surface area contributed by atoms with Crippen LogP contribution in [0.2, 0.25) is 0 Å². The molecule has 1 saturated heterocycles. The normalized spacial score (nSPS) is 23.5. The van der Waals surface area contributed by atoms with Crippen molar-refractivity contribution in [2.45, 2.75) is 24.5 Å². The maximum atomic E-state index is 10.5. The number of benzene rings is 1. The third-order valence-electron chi connectivity index (χ3n) is 5.26. The Bertz CT molecular complexity index is 1310. The molecule has 0 spiro atoms. The SMILES string of the molecule is Nc1ncnc2c1nc(N/N=C\c1ccc3ccccc3n1)n2[C@@H]1O[C@H](CO)[C@@H](O)[C@H]1O. The van der Waals surface area contributed by atoms with Crippen LogP contribution in [0.1, 0.15) is 11.9 Å². The number of aliphatic hydroxyl groups is 3. The van der Waals surface area contributed by atoms with Crippen molar-refractivity contribution in [3.63, 3.8) is 0 Å². The zero-order valence-electron chi connectivity index (χ0n) is 16.6. The van der Waals surface area contributed by atoms with Crippen LogP contribution in [0.15, 0.2) is 47.8 Å². The molecule has 12 nitrogen and oxygen atoms in total. The van der Waals surface area contributed by atoms with Crippen molar-refractivity contribution in [2.75, 3.05) is 17.8 Å². The zero-order chi connectivity index (χ0) is 22.2. The van der Waals surface area contributed by atoms with E-state index in [9.17, 15) is 15.3 Å². The molecule has 4 atom stereocenters. The van der Waals surface area contributed by atoms with Crippen LogP contribution in [0.5, 0.6) is 0 Å². The summed E-state index contributed by atoms with van der Waals surface area (Å²) in [5.74, 6) is 0.280. The van der Waals surface area contributed by atoms with Crippen molar-refractivity contribution in [1.82, 2.24) is 24.5 Å². The van der Waals surface area contributed by atoms with Crippen LogP contribution in [0.3, 0.4) is 0 Å². The van der Waals surface area contributed by atoms with E-state index >= 15 is 0 Å². The maximum Gasteiger partial charge on any atom is 0.228 e. The highest BCUT2D eigenvalue weighted by atomic mass is 16.6. The molecule has 1 aliphatic rings. The Morgan fingerprint density at radius 1 is 1.12 bits per heavy atom. The summed E-state index contributed by atoms with van der Waals surface area (Å²) in [4.78, 5) is 17.0. The fourth-order valence-electron chi connectivity index (χ4n) is 3.65. The summed E-state index contributed by atoms with van der Waals surface area (Å²) in [6.45, 7) is -0.465. The lowest BCUT2D eigenvalue weighted by atomic mass is 10.1. The average Bonchev–Trinajstić information content (AvgIpc) is 3.31. The fraction of sp³-hybridized carbons (Fsp3) is 0.250. The highest BCUT2D eigenvalue weighted by molar-refractivity contribution is 5.86. The summed E-state index contributed by atoms with van der Waals surface area (Å²) >= 11 is 0. The molecular formula is C20H20N8O4. The van der Waals surface area contributed by atoms with E-state index in [1.54, 1.807) is 0 Å². The van der Waals surface area contributed by atoms with E-state index in [2.05, 4.69) is 30.5 Å². The highest BCUT2D eigenvalue weighted by Gasteiger charge is 2.45. The molecule has 0 aliphatic carbocycles. The number of nitrogens with one attached hydrogen (secondary N) is 1. The second kappa shape index (κ2) is 8.09. The molecule has 0 amide bonds. The van der Waals surface area contributed by atoms with Gasteiger partial charge in [0.1, 0.15) is 24.6 Å². The largest absolute Gasteiger partial charge is 0.394 e. The number of hydrogen-bond donors (Lipinski definition) is 5. The predicted molar refractivity (Wildman–Crippen MR) is 116 cm³/mol. The number of nitrogens with two attached hydrogens (primary N) is 1. The topological polar surface area (TPSA) is 177 Å². The van der Waals surface area contributed by atoms with Crippen LogP contribution < -0.4 is 11.2 Å². The van der Waals surface area contributed by atoms with Gasteiger partial charge in [-0.1, -0.05) is 24.3 Å². The second-order valence-corrected chi connectivity index (χ2v) is 7.26. The Hall–Kier alpha value is -3.71. The van der Waals surface area contributed by atoms with Gasteiger partial charge in [0.05, 0.1) is 24.0 Å². The molecule has 1 aliphatic heterocycles. The van der Waals surface area contributed by atoms with Crippen molar-refractivity contribution >= 4 is 40.0 Å². The summed E-state index contributed by atoms with van der Waals surface area (Å²) < 4.78 is 7.07. The molecule has 1 aromatic carbocycles. The van der Waals surface area contributed by atoms with E-state index < -0.39 is 31.1 Å². The fourth-order valence-corrected chi connectivity index (χ4v) is 3.65. The molecule has 0 unspecified atom stereocenters. The van der Waals surface area contributed by atoms with E-state index in [4.69, 9.17) is 10.5 Å². The first-order chi connectivity index (χ1) is 15.6. The van der Waals surface area contributed by atoms with Gasteiger partial charge >= 0.3 is 0 Å². The summed E-state index contributed by atoms with van der Waals surface area (Å²) in [5, 5.41) is 35.3. The summed E-state index contributed by atoms with van der Waals surface area (Å²) in [6.07, 6.45) is -1.92. The Balaban J connectivity index is 1.50.